The summed E-state index contributed by atoms with van der Waals surface area (Å²) >= 11 is 1.96. The number of rotatable bonds is 3. The van der Waals surface area contributed by atoms with Gasteiger partial charge >= 0.3 is 0 Å². The zero-order valence-electron chi connectivity index (χ0n) is 11.2. The van der Waals surface area contributed by atoms with Crippen LogP contribution in [0, 0.1) is 11.8 Å². The maximum Gasteiger partial charge on any atom is 0.222 e. The van der Waals surface area contributed by atoms with Crippen molar-refractivity contribution in [2.24, 2.45) is 11.8 Å². The van der Waals surface area contributed by atoms with Gasteiger partial charge in [-0.1, -0.05) is 6.92 Å². The molecule has 2 heterocycles. The molecule has 0 saturated carbocycles. The second-order valence-corrected chi connectivity index (χ2v) is 6.51. The van der Waals surface area contributed by atoms with Crippen LogP contribution in [0.3, 0.4) is 0 Å². The van der Waals surface area contributed by atoms with Crippen molar-refractivity contribution in [3.05, 3.63) is 0 Å². The Morgan fingerprint density at radius 3 is 2.78 bits per heavy atom. The van der Waals surface area contributed by atoms with Gasteiger partial charge in [-0.25, -0.2) is 0 Å². The van der Waals surface area contributed by atoms with Gasteiger partial charge in [0.05, 0.1) is 0 Å². The number of hydrogen-bond donors (Lipinski definition) is 1. The molecule has 2 aliphatic rings. The van der Waals surface area contributed by atoms with Crippen molar-refractivity contribution in [3.63, 3.8) is 0 Å². The zero-order valence-corrected chi connectivity index (χ0v) is 12.8. The van der Waals surface area contributed by atoms with Gasteiger partial charge in [0.25, 0.3) is 0 Å². The van der Waals surface area contributed by atoms with E-state index < -0.39 is 0 Å². The van der Waals surface area contributed by atoms with E-state index in [1.165, 1.54) is 12.8 Å². The molecule has 2 saturated heterocycles. The Hall–Kier alpha value is 0.0700. The molecule has 1 amide bonds. The molecule has 2 rings (SSSR count). The lowest BCUT2D eigenvalue weighted by Crippen LogP contribution is -2.40. The zero-order chi connectivity index (χ0) is 12.1. The molecule has 0 aromatic carbocycles. The lowest BCUT2D eigenvalue weighted by Gasteiger charge is -2.31. The van der Waals surface area contributed by atoms with Crippen LogP contribution in [-0.2, 0) is 4.79 Å². The van der Waals surface area contributed by atoms with E-state index in [-0.39, 0.29) is 12.4 Å². The summed E-state index contributed by atoms with van der Waals surface area (Å²) in [6.07, 6.45) is 3.30. The molecule has 0 aromatic heterocycles. The van der Waals surface area contributed by atoms with Crippen molar-refractivity contribution >= 4 is 30.1 Å². The number of nitrogens with one attached hydrogen (secondary N) is 1. The van der Waals surface area contributed by atoms with E-state index in [0.717, 1.165) is 44.1 Å². The van der Waals surface area contributed by atoms with E-state index >= 15 is 0 Å². The number of halogens is 1. The Labute approximate surface area is 121 Å². The van der Waals surface area contributed by atoms with Gasteiger partial charge in [-0.3, -0.25) is 4.79 Å². The first kappa shape index (κ1) is 16.1. The number of carbonyl (C=O) groups excluding carboxylic acids is 1. The molecule has 0 aromatic rings. The smallest absolute Gasteiger partial charge is 0.222 e. The Morgan fingerprint density at radius 1 is 1.44 bits per heavy atom. The first-order valence-electron chi connectivity index (χ1n) is 6.83. The van der Waals surface area contributed by atoms with Crippen molar-refractivity contribution < 1.29 is 4.79 Å². The molecule has 0 aliphatic carbocycles. The Bertz CT molecular complexity index is 253. The third-order valence-electron chi connectivity index (χ3n) is 4.00. The number of carbonyl (C=O) groups is 1. The highest BCUT2D eigenvalue weighted by atomic mass is 35.5. The molecule has 2 fully saturated rings. The molecule has 18 heavy (non-hydrogen) atoms. The lowest BCUT2D eigenvalue weighted by atomic mass is 9.85. The predicted molar refractivity (Wildman–Crippen MR) is 80.5 cm³/mol. The van der Waals surface area contributed by atoms with Crippen LogP contribution in [0.15, 0.2) is 0 Å². The highest BCUT2D eigenvalue weighted by molar-refractivity contribution is 7.99. The minimum absolute atomic E-state index is 0. The Balaban J connectivity index is 0.00000162. The van der Waals surface area contributed by atoms with E-state index in [2.05, 4.69) is 17.1 Å². The molecule has 0 spiro atoms. The fourth-order valence-electron chi connectivity index (χ4n) is 2.75. The van der Waals surface area contributed by atoms with E-state index in [9.17, 15) is 4.79 Å². The number of nitrogens with zero attached hydrogens (tertiary/aromatic N) is 1. The highest BCUT2D eigenvalue weighted by Crippen LogP contribution is 2.23. The number of piperidine rings is 1. The summed E-state index contributed by atoms with van der Waals surface area (Å²) in [5, 5.41) is 3.44. The first-order valence-corrected chi connectivity index (χ1v) is 7.99. The summed E-state index contributed by atoms with van der Waals surface area (Å²) in [7, 11) is 0. The summed E-state index contributed by atoms with van der Waals surface area (Å²) in [6.45, 7) is 6.41. The third-order valence-corrected chi connectivity index (χ3v) is 4.94. The van der Waals surface area contributed by atoms with Gasteiger partial charge in [-0.2, -0.15) is 11.8 Å². The topological polar surface area (TPSA) is 32.3 Å². The minimum atomic E-state index is 0. The Kier molecular flexibility index (Phi) is 7.42. The molecule has 3 nitrogen and oxygen atoms in total. The maximum absolute atomic E-state index is 12.1. The molecule has 0 bridgehead atoms. The van der Waals surface area contributed by atoms with Crippen LogP contribution < -0.4 is 5.32 Å². The van der Waals surface area contributed by atoms with Crippen LogP contribution in [0.5, 0.6) is 0 Å². The van der Waals surface area contributed by atoms with Gasteiger partial charge in [-0.15, -0.1) is 12.4 Å². The second-order valence-electron chi connectivity index (χ2n) is 5.28. The van der Waals surface area contributed by atoms with Crippen molar-refractivity contribution in [2.75, 3.05) is 37.7 Å². The van der Waals surface area contributed by atoms with Gasteiger partial charge in [-0.05, 0) is 37.8 Å². The Morgan fingerprint density at radius 2 is 2.17 bits per heavy atom. The SMILES string of the molecule is CC(CC(=O)N1CCSCC1)C1CCCNC1.Cl. The van der Waals surface area contributed by atoms with Gasteiger partial charge in [0.1, 0.15) is 0 Å². The molecule has 1 N–H and O–H groups in total. The summed E-state index contributed by atoms with van der Waals surface area (Å²) < 4.78 is 0. The van der Waals surface area contributed by atoms with Crippen LogP contribution in [-0.4, -0.2) is 48.5 Å². The number of amides is 1. The monoisotopic (exact) mass is 292 g/mol. The molecule has 2 aliphatic heterocycles. The van der Waals surface area contributed by atoms with Crippen LogP contribution in [0.4, 0.5) is 0 Å². The summed E-state index contributed by atoms with van der Waals surface area (Å²) in [5.74, 6) is 3.84. The third kappa shape index (κ3) is 4.63. The maximum atomic E-state index is 12.1. The minimum Gasteiger partial charge on any atom is -0.341 e. The van der Waals surface area contributed by atoms with Crippen LogP contribution in [0.25, 0.3) is 0 Å². The van der Waals surface area contributed by atoms with E-state index in [1.807, 2.05) is 11.8 Å². The standard InChI is InChI=1S/C13H24N2OS.ClH/c1-11(12-3-2-4-14-10-12)9-13(16)15-5-7-17-8-6-15;/h11-12,14H,2-10H2,1H3;1H. The van der Waals surface area contributed by atoms with Crippen LogP contribution >= 0.6 is 24.2 Å². The van der Waals surface area contributed by atoms with Crippen LogP contribution in [0.1, 0.15) is 26.2 Å². The highest BCUT2D eigenvalue weighted by Gasteiger charge is 2.24. The van der Waals surface area contributed by atoms with E-state index in [1.54, 1.807) is 0 Å². The number of hydrogen-bond acceptors (Lipinski definition) is 3. The number of thioether (sulfide) groups is 1. The fourth-order valence-corrected chi connectivity index (χ4v) is 3.65. The fraction of sp³-hybridized carbons (Fsp3) is 0.923. The quantitative estimate of drug-likeness (QED) is 0.864. The molecular weight excluding hydrogens is 268 g/mol. The molecule has 106 valence electrons. The summed E-state index contributed by atoms with van der Waals surface area (Å²) in [6, 6.07) is 0. The normalized spacial score (nSPS) is 26.3. The summed E-state index contributed by atoms with van der Waals surface area (Å²) in [4.78, 5) is 14.2. The van der Waals surface area contributed by atoms with E-state index in [4.69, 9.17) is 0 Å². The van der Waals surface area contributed by atoms with Gasteiger partial charge in [0.2, 0.25) is 5.91 Å². The largest absolute Gasteiger partial charge is 0.341 e. The lowest BCUT2D eigenvalue weighted by molar-refractivity contribution is -0.132. The first-order chi connectivity index (χ1) is 8.27. The van der Waals surface area contributed by atoms with Crippen molar-refractivity contribution in [1.29, 1.82) is 0 Å². The van der Waals surface area contributed by atoms with Crippen LogP contribution in [0.2, 0.25) is 0 Å². The van der Waals surface area contributed by atoms with Gasteiger partial charge in [0.15, 0.2) is 0 Å². The average molecular weight is 293 g/mol. The van der Waals surface area contributed by atoms with Gasteiger partial charge < -0.3 is 10.2 Å². The predicted octanol–water partition coefficient (Wildman–Crippen LogP) is 2.01. The molecule has 2 atom stereocenters. The molecule has 5 heteroatoms. The van der Waals surface area contributed by atoms with E-state index in [0.29, 0.717) is 17.7 Å². The molecule has 0 radical (unpaired) electrons. The molecule has 2 unspecified atom stereocenters. The second kappa shape index (κ2) is 8.28. The summed E-state index contributed by atoms with van der Waals surface area (Å²) in [5.41, 5.74) is 0. The van der Waals surface area contributed by atoms with Crippen molar-refractivity contribution in [1.82, 2.24) is 10.2 Å². The average Bonchev–Trinajstić information content (AvgIpc) is 2.40. The van der Waals surface area contributed by atoms with Crippen molar-refractivity contribution in [2.45, 2.75) is 26.2 Å². The van der Waals surface area contributed by atoms with Crippen molar-refractivity contribution in [3.8, 4) is 0 Å². The van der Waals surface area contributed by atoms with Gasteiger partial charge in [0, 0.05) is 31.0 Å². The molecular formula is C13H25ClN2OS.